The molecule has 2 rings (SSSR count). The lowest BCUT2D eigenvalue weighted by atomic mass is 9.89. The molecule has 1 aromatic rings. The molecule has 0 aliphatic carbocycles. The van der Waals surface area contributed by atoms with Gasteiger partial charge in [-0.3, -0.25) is 9.59 Å². The second kappa shape index (κ2) is 7.22. The van der Waals surface area contributed by atoms with E-state index >= 15 is 0 Å². The van der Waals surface area contributed by atoms with Gasteiger partial charge in [0.05, 0.1) is 12.5 Å². The van der Waals surface area contributed by atoms with Crippen LogP contribution in [0, 0.1) is 0 Å². The molecule has 1 atom stereocenters. The predicted molar refractivity (Wildman–Crippen MR) is 81.6 cm³/mol. The number of amides is 2. The molecule has 5 nitrogen and oxygen atoms in total. The Labute approximate surface area is 125 Å². The van der Waals surface area contributed by atoms with Crippen LogP contribution in [0.3, 0.4) is 0 Å². The van der Waals surface area contributed by atoms with Gasteiger partial charge in [0.1, 0.15) is 0 Å². The van der Waals surface area contributed by atoms with Crippen molar-refractivity contribution in [2.45, 2.75) is 32.2 Å². The monoisotopic (exact) mass is 289 g/mol. The Morgan fingerprint density at radius 1 is 1.38 bits per heavy atom. The van der Waals surface area contributed by atoms with E-state index in [0.29, 0.717) is 13.1 Å². The Bertz CT molecular complexity index is 516. The van der Waals surface area contributed by atoms with Crippen molar-refractivity contribution >= 4 is 11.8 Å². The molecule has 1 unspecified atom stereocenters. The van der Waals surface area contributed by atoms with Crippen LogP contribution in [0.15, 0.2) is 24.3 Å². The van der Waals surface area contributed by atoms with Crippen LogP contribution in [0.1, 0.15) is 36.8 Å². The first-order valence-corrected chi connectivity index (χ1v) is 7.49. The van der Waals surface area contributed by atoms with Crippen molar-refractivity contribution < 1.29 is 9.59 Å². The van der Waals surface area contributed by atoms with Crippen molar-refractivity contribution in [3.05, 3.63) is 35.4 Å². The number of fused-ring (bicyclic) bond motifs is 1. The zero-order chi connectivity index (χ0) is 15.2. The van der Waals surface area contributed by atoms with Crippen LogP contribution in [0.4, 0.5) is 0 Å². The zero-order valence-electron chi connectivity index (χ0n) is 12.5. The highest BCUT2D eigenvalue weighted by Gasteiger charge is 2.30. The molecule has 0 radical (unpaired) electrons. The molecule has 0 bridgehead atoms. The third kappa shape index (κ3) is 3.82. The third-order valence-corrected chi connectivity index (χ3v) is 3.83. The van der Waals surface area contributed by atoms with Gasteiger partial charge in [-0.1, -0.05) is 37.6 Å². The first-order chi connectivity index (χ1) is 10.1. The summed E-state index contributed by atoms with van der Waals surface area (Å²) in [6, 6.07) is 7.97. The number of rotatable bonds is 6. The Morgan fingerprint density at radius 2 is 2.14 bits per heavy atom. The molecule has 21 heavy (non-hydrogen) atoms. The van der Waals surface area contributed by atoms with Crippen molar-refractivity contribution in [3.63, 3.8) is 0 Å². The fourth-order valence-corrected chi connectivity index (χ4v) is 2.74. The summed E-state index contributed by atoms with van der Waals surface area (Å²) < 4.78 is 0. The van der Waals surface area contributed by atoms with Gasteiger partial charge < -0.3 is 16.0 Å². The van der Waals surface area contributed by atoms with Crippen LogP contribution in [-0.4, -0.2) is 36.3 Å². The molecule has 1 heterocycles. The fourth-order valence-electron chi connectivity index (χ4n) is 2.74. The number of nitrogens with two attached hydrogens (primary N) is 1. The number of primary amides is 1. The predicted octanol–water partition coefficient (Wildman–Crippen LogP) is 0.987. The average Bonchev–Trinajstić information content (AvgIpc) is 2.50. The van der Waals surface area contributed by atoms with Gasteiger partial charge in [0, 0.05) is 19.6 Å². The van der Waals surface area contributed by atoms with Crippen LogP contribution in [0.25, 0.3) is 0 Å². The molecule has 0 fully saturated rings. The number of hydrogen-bond donors (Lipinski definition) is 2. The van der Waals surface area contributed by atoms with Crippen molar-refractivity contribution in [3.8, 4) is 0 Å². The van der Waals surface area contributed by atoms with Crippen molar-refractivity contribution in [1.29, 1.82) is 0 Å². The molecule has 0 saturated carbocycles. The zero-order valence-corrected chi connectivity index (χ0v) is 12.5. The molecule has 1 aliphatic heterocycles. The highest BCUT2D eigenvalue weighted by Crippen LogP contribution is 2.25. The molecule has 2 amide bonds. The van der Waals surface area contributed by atoms with Crippen LogP contribution >= 0.6 is 0 Å². The van der Waals surface area contributed by atoms with E-state index in [1.807, 2.05) is 24.3 Å². The summed E-state index contributed by atoms with van der Waals surface area (Å²) in [6.45, 7) is 4.03. The number of unbranched alkanes of at least 4 members (excludes halogenated alkanes) is 1. The normalized spacial score (nSPS) is 17.1. The lowest BCUT2D eigenvalue weighted by molar-refractivity contribution is -0.136. The number of carbonyl (C=O) groups is 2. The minimum absolute atomic E-state index is 0.00248. The van der Waals surface area contributed by atoms with E-state index < -0.39 is 5.91 Å². The molecule has 0 saturated heterocycles. The molecule has 1 aromatic carbocycles. The van der Waals surface area contributed by atoms with E-state index in [2.05, 4.69) is 12.2 Å². The van der Waals surface area contributed by atoms with Gasteiger partial charge in [0.25, 0.3) is 0 Å². The minimum Gasteiger partial charge on any atom is -0.368 e. The Hall–Kier alpha value is -1.88. The minimum atomic E-state index is -0.462. The summed E-state index contributed by atoms with van der Waals surface area (Å²) in [5, 5.41) is 3.27. The third-order valence-electron chi connectivity index (χ3n) is 3.83. The Balaban J connectivity index is 2.18. The van der Waals surface area contributed by atoms with E-state index in [9.17, 15) is 9.59 Å². The van der Waals surface area contributed by atoms with Gasteiger partial charge in [-0.15, -0.1) is 0 Å². The van der Waals surface area contributed by atoms with Crippen molar-refractivity contribution in [2.75, 3.05) is 19.6 Å². The maximum absolute atomic E-state index is 12.8. The largest absolute Gasteiger partial charge is 0.368 e. The first-order valence-electron chi connectivity index (χ1n) is 7.49. The van der Waals surface area contributed by atoms with E-state index in [-0.39, 0.29) is 18.4 Å². The summed E-state index contributed by atoms with van der Waals surface area (Å²) in [5.41, 5.74) is 7.49. The fraction of sp³-hybridized carbons (Fsp3) is 0.500. The lowest BCUT2D eigenvalue weighted by Gasteiger charge is -2.30. The van der Waals surface area contributed by atoms with E-state index in [0.717, 1.165) is 30.5 Å². The van der Waals surface area contributed by atoms with Crippen LogP contribution in [0.2, 0.25) is 0 Å². The van der Waals surface area contributed by atoms with Crippen LogP contribution in [-0.2, 0) is 16.1 Å². The molecule has 1 aliphatic rings. The highest BCUT2D eigenvalue weighted by atomic mass is 16.2. The second-order valence-electron chi connectivity index (χ2n) is 5.46. The van der Waals surface area contributed by atoms with Gasteiger partial charge in [-0.25, -0.2) is 0 Å². The molecule has 114 valence electrons. The number of carbonyl (C=O) groups excluding carboxylic acids is 2. The topological polar surface area (TPSA) is 75.4 Å². The quantitative estimate of drug-likeness (QED) is 0.820. The molecular weight excluding hydrogens is 266 g/mol. The number of nitrogens with one attached hydrogen (secondary N) is 1. The van der Waals surface area contributed by atoms with Crippen molar-refractivity contribution in [2.24, 2.45) is 5.73 Å². The number of benzene rings is 1. The average molecular weight is 289 g/mol. The van der Waals surface area contributed by atoms with E-state index in [1.165, 1.54) is 0 Å². The van der Waals surface area contributed by atoms with Gasteiger partial charge >= 0.3 is 0 Å². The maximum Gasteiger partial charge on any atom is 0.237 e. The smallest absolute Gasteiger partial charge is 0.237 e. The summed E-state index contributed by atoms with van der Waals surface area (Å²) in [4.78, 5) is 25.6. The number of hydrogen-bond acceptors (Lipinski definition) is 3. The Kier molecular flexibility index (Phi) is 5.33. The first kappa shape index (κ1) is 15.5. The molecule has 3 N–H and O–H groups in total. The van der Waals surface area contributed by atoms with Crippen molar-refractivity contribution in [1.82, 2.24) is 10.2 Å². The number of nitrogens with zero attached hydrogens (tertiary/aromatic N) is 1. The van der Waals surface area contributed by atoms with Crippen LogP contribution < -0.4 is 11.1 Å². The van der Waals surface area contributed by atoms with Gasteiger partial charge in [-0.2, -0.15) is 0 Å². The molecular formula is C16H23N3O2. The highest BCUT2D eigenvalue weighted by molar-refractivity contribution is 5.88. The summed E-state index contributed by atoms with van der Waals surface area (Å²) >= 11 is 0. The summed E-state index contributed by atoms with van der Waals surface area (Å²) in [7, 11) is 0. The van der Waals surface area contributed by atoms with Gasteiger partial charge in [0.15, 0.2) is 0 Å². The maximum atomic E-state index is 12.8. The summed E-state index contributed by atoms with van der Waals surface area (Å²) in [6.07, 6.45) is 1.85. The van der Waals surface area contributed by atoms with Gasteiger partial charge in [-0.05, 0) is 17.5 Å². The molecule has 0 spiro atoms. The molecule has 0 aromatic heterocycles. The molecule has 5 heteroatoms. The SMILES string of the molecule is CCCCN(CC(N)=O)C(=O)C1CNCc2ccccc21. The second-order valence-corrected chi connectivity index (χ2v) is 5.46. The van der Waals surface area contributed by atoms with Gasteiger partial charge in [0.2, 0.25) is 11.8 Å². The lowest BCUT2D eigenvalue weighted by Crippen LogP contribution is -2.45. The van der Waals surface area contributed by atoms with E-state index in [4.69, 9.17) is 5.73 Å². The standard InChI is InChI=1S/C16H23N3O2/c1-2-3-8-19(11-15(17)20)16(21)14-10-18-9-12-6-4-5-7-13(12)14/h4-7,14,18H,2-3,8-11H2,1H3,(H2,17,20). The summed E-state index contributed by atoms with van der Waals surface area (Å²) in [5.74, 6) is -0.704. The van der Waals surface area contributed by atoms with Crippen LogP contribution in [0.5, 0.6) is 0 Å². The Morgan fingerprint density at radius 3 is 2.86 bits per heavy atom. The van der Waals surface area contributed by atoms with E-state index in [1.54, 1.807) is 4.90 Å².